The molecular weight excluding hydrogens is 282 g/mol. The molecule has 0 saturated carbocycles. The molecule has 0 saturated heterocycles. The minimum Gasteiger partial charge on any atom is -0.495 e. The Hall–Kier alpha value is -1.75. The second-order valence-electron chi connectivity index (χ2n) is 6.49. The predicted molar refractivity (Wildman–Crippen MR) is 86.7 cm³/mol. The lowest BCUT2D eigenvalue weighted by atomic mass is 10.1. The Morgan fingerprint density at radius 2 is 2.00 bits per heavy atom. The monoisotopic (exact) mass is 309 g/mol. The summed E-state index contributed by atoms with van der Waals surface area (Å²) in [6.07, 6.45) is 0.349. The molecule has 2 N–H and O–H groups in total. The highest BCUT2D eigenvalue weighted by Gasteiger charge is 2.18. The van der Waals surface area contributed by atoms with Crippen LogP contribution < -0.4 is 10.5 Å². The van der Waals surface area contributed by atoms with Crippen molar-refractivity contribution in [2.45, 2.75) is 46.3 Å². The van der Waals surface area contributed by atoms with E-state index in [-0.39, 0.29) is 11.9 Å². The number of carbonyl (C=O) groups is 1. The van der Waals surface area contributed by atoms with Gasteiger partial charge in [-0.3, -0.25) is 4.79 Å². The third-order valence-electron chi connectivity index (χ3n) is 2.90. The van der Waals surface area contributed by atoms with Gasteiger partial charge in [-0.05, 0) is 44.4 Å². The van der Waals surface area contributed by atoms with Crippen molar-refractivity contribution in [2.75, 3.05) is 19.5 Å². The van der Waals surface area contributed by atoms with Crippen LogP contribution in [0.5, 0.6) is 5.75 Å². The average Bonchev–Trinajstić information content (AvgIpc) is 2.36. The first kappa shape index (κ1) is 18.3. The molecule has 1 aromatic carbocycles. The molecule has 0 unspecified atom stereocenters. The number of carbonyl (C=O) groups excluding carboxylic acids is 1. The summed E-state index contributed by atoms with van der Waals surface area (Å²) < 4.78 is 16.0. The summed E-state index contributed by atoms with van der Waals surface area (Å²) in [5.41, 5.74) is 6.96. The molecular formula is C17H27NO4. The zero-order valence-corrected chi connectivity index (χ0v) is 14.1. The van der Waals surface area contributed by atoms with Crippen LogP contribution in [0.2, 0.25) is 0 Å². The number of ether oxygens (including phenoxy) is 3. The van der Waals surface area contributed by atoms with Gasteiger partial charge in [0.2, 0.25) is 0 Å². The fraction of sp³-hybridized carbons (Fsp3) is 0.588. The molecule has 0 amide bonds. The summed E-state index contributed by atoms with van der Waals surface area (Å²) in [7, 11) is 1.58. The zero-order valence-electron chi connectivity index (χ0n) is 14.1. The van der Waals surface area contributed by atoms with Gasteiger partial charge in [0, 0.05) is 0 Å². The summed E-state index contributed by atoms with van der Waals surface area (Å²) in [4.78, 5) is 11.7. The van der Waals surface area contributed by atoms with Gasteiger partial charge in [-0.2, -0.15) is 0 Å². The van der Waals surface area contributed by atoms with E-state index in [2.05, 4.69) is 0 Å². The molecule has 0 aliphatic carbocycles. The van der Waals surface area contributed by atoms with Crippen molar-refractivity contribution >= 4 is 11.7 Å². The lowest BCUT2D eigenvalue weighted by molar-refractivity contribution is -0.156. The smallest absolute Gasteiger partial charge is 0.306 e. The number of benzene rings is 1. The molecule has 0 heterocycles. The molecule has 0 radical (unpaired) electrons. The number of methoxy groups -OCH3 is 1. The fourth-order valence-corrected chi connectivity index (χ4v) is 1.98. The van der Waals surface area contributed by atoms with E-state index in [4.69, 9.17) is 19.9 Å². The van der Waals surface area contributed by atoms with Crippen molar-refractivity contribution in [1.82, 2.24) is 0 Å². The highest BCUT2D eigenvalue weighted by atomic mass is 16.6. The van der Waals surface area contributed by atoms with Crippen molar-refractivity contribution in [3.05, 3.63) is 23.8 Å². The first-order valence-electron chi connectivity index (χ1n) is 7.43. The van der Waals surface area contributed by atoms with Crippen LogP contribution in [0.3, 0.4) is 0 Å². The summed E-state index contributed by atoms with van der Waals surface area (Å²) in [5.74, 6) is 0.560. The van der Waals surface area contributed by atoms with Crippen molar-refractivity contribution in [2.24, 2.45) is 5.92 Å². The molecule has 0 bridgehead atoms. The van der Waals surface area contributed by atoms with Gasteiger partial charge in [-0.25, -0.2) is 0 Å². The summed E-state index contributed by atoms with van der Waals surface area (Å²) >= 11 is 0. The first-order valence-corrected chi connectivity index (χ1v) is 7.43. The van der Waals surface area contributed by atoms with Gasteiger partial charge in [0.1, 0.15) is 11.4 Å². The van der Waals surface area contributed by atoms with E-state index in [1.807, 2.05) is 45.9 Å². The van der Waals surface area contributed by atoms with Crippen molar-refractivity contribution in [3.63, 3.8) is 0 Å². The van der Waals surface area contributed by atoms with Gasteiger partial charge in [0.05, 0.1) is 32.4 Å². The van der Waals surface area contributed by atoms with E-state index in [9.17, 15) is 4.79 Å². The third-order valence-corrected chi connectivity index (χ3v) is 2.90. The lowest BCUT2D eigenvalue weighted by Crippen LogP contribution is -2.25. The molecule has 1 aromatic rings. The van der Waals surface area contributed by atoms with Gasteiger partial charge in [0.25, 0.3) is 0 Å². The molecule has 0 aliphatic rings. The van der Waals surface area contributed by atoms with Crippen LogP contribution in [0.25, 0.3) is 0 Å². The second-order valence-corrected chi connectivity index (χ2v) is 6.49. The standard InChI is InChI=1S/C17H27NO4/c1-12(8-16(19)22-17(2,3)4)10-21-11-13-6-7-15(20-5)14(18)9-13/h6-7,9,12H,8,10-11,18H2,1-5H3/t12-/m0/s1. The second kappa shape index (κ2) is 8.03. The fourth-order valence-electron chi connectivity index (χ4n) is 1.98. The number of rotatable bonds is 7. The van der Waals surface area contributed by atoms with E-state index < -0.39 is 5.60 Å². The average molecular weight is 309 g/mol. The molecule has 5 nitrogen and oxygen atoms in total. The molecule has 0 spiro atoms. The largest absolute Gasteiger partial charge is 0.495 e. The SMILES string of the molecule is COc1ccc(COC[C@@H](C)CC(=O)OC(C)(C)C)cc1N. The minimum absolute atomic E-state index is 0.102. The Morgan fingerprint density at radius 1 is 1.32 bits per heavy atom. The summed E-state index contributed by atoms with van der Waals surface area (Å²) in [5, 5.41) is 0. The number of nitrogens with two attached hydrogens (primary N) is 1. The Kier molecular flexibility index (Phi) is 6.68. The number of nitrogen functional groups attached to an aromatic ring is 1. The van der Waals surface area contributed by atoms with E-state index in [1.165, 1.54) is 0 Å². The van der Waals surface area contributed by atoms with Crippen molar-refractivity contribution < 1.29 is 19.0 Å². The van der Waals surface area contributed by atoms with Crippen LogP contribution in [0.4, 0.5) is 5.69 Å². The van der Waals surface area contributed by atoms with Crippen LogP contribution in [-0.2, 0) is 20.9 Å². The van der Waals surface area contributed by atoms with Crippen LogP contribution in [-0.4, -0.2) is 25.3 Å². The maximum Gasteiger partial charge on any atom is 0.306 e. The quantitative estimate of drug-likeness (QED) is 0.619. The number of hydrogen-bond donors (Lipinski definition) is 1. The van der Waals surface area contributed by atoms with Crippen LogP contribution in [0.1, 0.15) is 39.7 Å². The van der Waals surface area contributed by atoms with E-state index >= 15 is 0 Å². The van der Waals surface area contributed by atoms with Gasteiger partial charge in [0.15, 0.2) is 0 Å². The van der Waals surface area contributed by atoms with Crippen molar-refractivity contribution in [1.29, 1.82) is 0 Å². The van der Waals surface area contributed by atoms with E-state index in [0.717, 1.165) is 5.56 Å². The molecule has 0 aromatic heterocycles. The number of anilines is 1. The molecule has 124 valence electrons. The minimum atomic E-state index is -0.446. The molecule has 1 atom stereocenters. The highest BCUT2D eigenvalue weighted by Crippen LogP contribution is 2.22. The van der Waals surface area contributed by atoms with Gasteiger partial charge in [-0.15, -0.1) is 0 Å². The third kappa shape index (κ3) is 6.80. The molecule has 0 fully saturated rings. The van der Waals surface area contributed by atoms with Crippen LogP contribution in [0, 0.1) is 5.92 Å². The van der Waals surface area contributed by atoms with E-state index in [1.54, 1.807) is 7.11 Å². The highest BCUT2D eigenvalue weighted by molar-refractivity contribution is 5.70. The van der Waals surface area contributed by atoms with Crippen LogP contribution >= 0.6 is 0 Å². The lowest BCUT2D eigenvalue weighted by Gasteiger charge is -2.21. The summed E-state index contributed by atoms with van der Waals surface area (Å²) in [6.45, 7) is 8.49. The number of hydrogen-bond acceptors (Lipinski definition) is 5. The molecule has 22 heavy (non-hydrogen) atoms. The van der Waals surface area contributed by atoms with Gasteiger partial charge < -0.3 is 19.9 Å². The topological polar surface area (TPSA) is 70.8 Å². The van der Waals surface area contributed by atoms with Gasteiger partial charge in [-0.1, -0.05) is 13.0 Å². The maximum absolute atomic E-state index is 11.7. The normalized spacial score (nSPS) is 12.8. The summed E-state index contributed by atoms with van der Waals surface area (Å²) in [6, 6.07) is 5.56. The Bertz CT molecular complexity index is 494. The first-order chi connectivity index (χ1) is 10.2. The van der Waals surface area contributed by atoms with Crippen molar-refractivity contribution in [3.8, 4) is 5.75 Å². The molecule has 0 aliphatic heterocycles. The molecule has 5 heteroatoms. The van der Waals surface area contributed by atoms with Gasteiger partial charge >= 0.3 is 5.97 Å². The predicted octanol–water partition coefficient (Wildman–Crippen LogP) is 3.16. The zero-order chi connectivity index (χ0) is 16.8. The Labute approximate surface area is 132 Å². The number of esters is 1. The Balaban J connectivity index is 2.34. The molecule has 1 rings (SSSR count). The maximum atomic E-state index is 11.7. The van der Waals surface area contributed by atoms with Crippen LogP contribution in [0.15, 0.2) is 18.2 Å². The Morgan fingerprint density at radius 3 is 2.55 bits per heavy atom. The van der Waals surface area contributed by atoms with E-state index in [0.29, 0.717) is 31.1 Å².